The Labute approximate surface area is 112 Å². The second-order valence-electron chi connectivity index (χ2n) is 4.00. The van der Waals surface area contributed by atoms with Crippen molar-refractivity contribution in [3.05, 3.63) is 36.0 Å². The molecule has 1 heterocycles. The van der Waals surface area contributed by atoms with Crippen molar-refractivity contribution < 1.29 is 4.74 Å². The third kappa shape index (κ3) is 3.31. The van der Waals surface area contributed by atoms with Gasteiger partial charge in [-0.3, -0.25) is 0 Å². The number of ether oxygens (including phenoxy) is 1. The number of methoxy groups -OCH3 is 1. The summed E-state index contributed by atoms with van der Waals surface area (Å²) in [5.41, 5.74) is 2.59. The minimum absolute atomic E-state index is 0.695. The molecule has 0 unspecified atom stereocenters. The molecule has 0 aliphatic carbocycles. The van der Waals surface area contributed by atoms with Gasteiger partial charge in [0.05, 0.1) is 11.5 Å². The second-order valence-corrected chi connectivity index (χ2v) is 5.03. The topological polar surface area (TPSA) is 34.2 Å². The molecule has 0 saturated heterocycles. The summed E-state index contributed by atoms with van der Waals surface area (Å²) >= 11 is 1.67. The first-order chi connectivity index (χ1) is 8.83. The molecule has 1 aromatic carbocycles. The number of nitrogens with one attached hydrogen (secondary N) is 1. The van der Waals surface area contributed by atoms with Crippen molar-refractivity contribution in [2.45, 2.75) is 13.3 Å². The van der Waals surface area contributed by atoms with Gasteiger partial charge in [-0.15, -0.1) is 0 Å². The number of hydrogen-bond donors (Lipinski definition) is 1. The fraction of sp³-hybridized carbons (Fsp3) is 0.357. The molecule has 1 N–H and O–H groups in total. The summed E-state index contributed by atoms with van der Waals surface area (Å²) < 4.78 is 4.99. The molecule has 0 aliphatic rings. The molecule has 0 amide bonds. The predicted molar refractivity (Wildman–Crippen MR) is 77.3 cm³/mol. The number of nitrogens with zero attached hydrogens (tertiary/aromatic N) is 1. The Morgan fingerprint density at radius 2 is 2.06 bits per heavy atom. The summed E-state index contributed by atoms with van der Waals surface area (Å²) in [5, 5.41) is 4.19. The lowest BCUT2D eigenvalue weighted by molar-refractivity contribution is 0.211. The van der Waals surface area contributed by atoms with E-state index in [-0.39, 0.29) is 0 Å². The molecule has 18 heavy (non-hydrogen) atoms. The lowest BCUT2D eigenvalue weighted by Gasteiger charge is -2.00. The molecule has 0 radical (unpaired) electrons. The lowest BCUT2D eigenvalue weighted by atomic mass is 10.1. The highest BCUT2D eigenvalue weighted by Crippen LogP contribution is 2.28. The molecule has 0 fully saturated rings. The predicted octanol–water partition coefficient (Wildman–Crippen LogP) is 3.43. The Hall–Kier alpha value is -1.39. The zero-order chi connectivity index (χ0) is 12.8. The highest BCUT2D eigenvalue weighted by Gasteiger charge is 2.03. The fourth-order valence-electron chi connectivity index (χ4n) is 1.65. The van der Waals surface area contributed by atoms with Crippen LogP contribution in [0.25, 0.3) is 10.4 Å². The Balaban J connectivity index is 2.04. The number of hydrogen-bond acceptors (Lipinski definition) is 4. The molecule has 0 spiro atoms. The van der Waals surface area contributed by atoms with Gasteiger partial charge in [-0.05, 0) is 17.5 Å². The summed E-state index contributed by atoms with van der Waals surface area (Å²) in [7, 11) is 1.70. The monoisotopic (exact) mass is 262 g/mol. The van der Waals surface area contributed by atoms with Crippen molar-refractivity contribution in [2.75, 3.05) is 25.6 Å². The molecule has 3 nitrogen and oxygen atoms in total. The van der Waals surface area contributed by atoms with Crippen LogP contribution in [-0.2, 0) is 11.2 Å². The number of thiazole rings is 1. The molecule has 1 aromatic heterocycles. The van der Waals surface area contributed by atoms with Crippen LogP contribution in [0.3, 0.4) is 0 Å². The van der Waals surface area contributed by atoms with E-state index in [0.717, 1.165) is 18.1 Å². The molecule has 96 valence electrons. The first kappa shape index (κ1) is 13.1. The Morgan fingerprint density at radius 1 is 1.28 bits per heavy atom. The smallest absolute Gasteiger partial charge is 0.183 e. The van der Waals surface area contributed by atoms with Gasteiger partial charge >= 0.3 is 0 Å². The number of aryl methyl sites for hydroxylation is 1. The molecule has 2 aromatic rings. The molecule has 0 aliphatic heterocycles. The Morgan fingerprint density at radius 3 is 2.72 bits per heavy atom. The molecule has 0 atom stereocenters. The van der Waals surface area contributed by atoms with E-state index >= 15 is 0 Å². The average Bonchev–Trinajstić information content (AvgIpc) is 2.88. The lowest BCUT2D eigenvalue weighted by Crippen LogP contribution is -2.06. The summed E-state index contributed by atoms with van der Waals surface area (Å²) in [6.07, 6.45) is 2.99. The Kier molecular flexibility index (Phi) is 4.73. The highest BCUT2D eigenvalue weighted by atomic mass is 32.1. The van der Waals surface area contributed by atoms with E-state index in [2.05, 4.69) is 41.5 Å². The van der Waals surface area contributed by atoms with Crippen LogP contribution in [0.5, 0.6) is 0 Å². The summed E-state index contributed by atoms with van der Waals surface area (Å²) in [5.74, 6) is 0. The van der Waals surface area contributed by atoms with Crippen LogP contribution in [-0.4, -0.2) is 25.2 Å². The van der Waals surface area contributed by atoms with Gasteiger partial charge in [0.2, 0.25) is 0 Å². The van der Waals surface area contributed by atoms with Gasteiger partial charge in [-0.25, -0.2) is 4.98 Å². The van der Waals surface area contributed by atoms with Crippen LogP contribution >= 0.6 is 11.3 Å². The first-order valence-electron chi connectivity index (χ1n) is 6.11. The quantitative estimate of drug-likeness (QED) is 0.810. The molecule has 0 bridgehead atoms. The zero-order valence-electron chi connectivity index (χ0n) is 10.8. The van der Waals surface area contributed by atoms with Gasteiger partial charge in [0, 0.05) is 19.9 Å². The minimum Gasteiger partial charge on any atom is -0.383 e. The van der Waals surface area contributed by atoms with Crippen LogP contribution < -0.4 is 5.32 Å². The van der Waals surface area contributed by atoms with Gasteiger partial charge in [-0.1, -0.05) is 42.5 Å². The van der Waals surface area contributed by atoms with Gasteiger partial charge in [0.25, 0.3) is 0 Å². The van der Waals surface area contributed by atoms with Crippen LogP contribution in [0, 0.1) is 0 Å². The van der Waals surface area contributed by atoms with Gasteiger partial charge < -0.3 is 10.1 Å². The van der Waals surface area contributed by atoms with Crippen LogP contribution in [0.15, 0.2) is 30.5 Å². The van der Waals surface area contributed by atoms with Crippen LogP contribution in [0.1, 0.15) is 12.5 Å². The van der Waals surface area contributed by atoms with Crippen molar-refractivity contribution in [1.29, 1.82) is 0 Å². The van der Waals surface area contributed by atoms with E-state index in [9.17, 15) is 0 Å². The van der Waals surface area contributed by atoms with Crippen molar-refractivity contribution in [3.8, 4) is 10.4 Å². The summed E-state index contributed by atoms with van der Waals surface area (Å²) in [6.45, 7) is 3.65. The van der Waals surface area contributed by atoms with Gasteiger partial charge in [0.15, 0.2) is 5.13 Å². The Bertz CT molecular complexity index is 479. The maximum atomic E-state index is 4.99. The van der Waals surface area contributed by atoms with Crippen molar-refractivity contribution in [2.24, 2.45) is 0 Å². The molecular formula is C14H18N2OS. The van der Waals surface area contributed by atoms with Crippen molar-refractivity contribution in [1.82, 2.24) is 4.98 Å². The highest BCUT2D eigenvalue weighted by molar-refractivity contribution is 7.18. The van der Waals surface area contributed by atoms with E-state index < -0.39 is 0 Å². The normalized spacial score (nSPS) is 10.6. The standard InChI is InChI=1S/C14H18N2OS/c1-3-11-4-6-12(7-5-11)13-10-16-14(18-13)15-8-9-17-2/h4-7,10H,3,8-9H2,1-2H3,(H,15,16). The number of benzene rings is 1. The third-order valence-electron chi connectivity index (χ3n) is 2.73. The third-order valence-corrected chi connectivity index (χ3v) is 3.74. The second kappa shape index (κ2) is 6.52. The molecular weight excluding hydrogens is 244 g/mol. The van der Waals surface area contributed by atoms with Crippen molar-refractivity contribution in [3.63, 3.8) is 0 Å². The zero-order valence-corrected chi connectivity index (χ0v) is 11.6. The fourth-order valence-corrected chi connectivity index (χ4v) is 2.50. The maximum absolute atomic E-state index is 4.99. The SMILES string of the molecule is CCc1ccc(-c2cnc(NCCOC)s2)cc1. The van der Waals surface area contributed by atoms with Crippen LogP contribution in [0.2, 0.25) is 0 Å². The first-order valence-corrected chi connectivity index (χ1v) is 6.93. The number of aromatic nitrogens is 1. The van der Waals surface area contributed by atoms with E-state index in [1.54, 1.807) is 18.4 Å². The summed E-state index contributed by atoms with van der Waals surface area (Å²) in [4.78, 5) is 5.55. The molecule has 2 rings (SSSR count). The van der Waals surface area contributed by atoms with Crippen LogP contribution in [0.4, 0.5) is 5.13 Å². The maximum Gasteiger partial charge on any atom is 0.183 e. The summed E-state index contributed by atoms with van der Waals surface area (Å²) in [6, 6.07) is 8.66. The van der Waals surface area contributed by atoms with E-state index in [1.165, 1.54) is 16.0 Å². The largest absolute Gasteiger partial charge is 0.383 e. The minimum atomic E-state index is 0.695. The molecule has 4 heteroatoms. The van der Waals surface area contributed by atoms with Crippen molar-refractivity contribution >= 4 is 16.5 Å². The van der Waals surface area contributed by atoms with E-state index in [0.29, 0.717) is 6.61 Å². The average molecular weight is 262 g/mol. The number of rotatable bonds is 6. The molecule has 0 saturated carbocycles. The number of anilines is 1. The van der Waals surface area contributed by atoms with E-state index in [4.69, 9.17) is 4.74 Å². The van der Waals surface area contributed by atoms with Gasteiger partial charge in [0.1, 0.15) is 0 Å². The van der Waals surface area contributed by atoms with E-state index in [1.807, 2.05) is 6.20 Å². The van der Waals surface area contributed by atoms with Gasteiger partial charge in [-0.2, -0.15) is 0 Å².